The van der Waals surface area contributed by atoms with Crippen molar-refractivity contribution in [3.8, 4) is 0 Å². The quantitative estimate of drug-likeness (QED) is 0.722. The Balaban J connectivity index is 1.32. The monoisotopic (exact) mass is 394 g/mol. The fourth-order valence-corrected chi connectivity index (χ4v) is 5.22. The summed E-state index contributed by atoms with van der Waals surface area (Å²) in [4.78, 5) is 14.7. The maximum Gasteiger partial charge on any atom is 0.222 e. The summed E-state index contributed by atoms with van der Waals surface area (Å²) in [6, 6.07) is 0.294. The minimum absolute atomic E-state index is 0.00562. The molecule has 28 heavy (non-hydrogen) atoms. The molecule has 0 aromatic heterocycles. The van der Waals surface area contributed by atoms with Crippen molar-refractivity contribution in [3.63, 3.8) is 0 Å². The molecular formula is C22H38N2O4. The Morgan fingerprint density at radius 3 is 2.61 bits per heavy atom. The van der Waals surface area contributed by atoms with Crippen LogP contribution in [0.25, 0.3) is 0 Å². The van der Waals surface area contributed by atoms with E-state index in [2.05, 4.69) is 10.2 Å². The van der Waals surface area contributed by atoms with Gasteiger partial charge >= 0.3 is 0 Å². The van der Waals surface area contributed by atoms with E-state index < -0.39 is 6.10 Å². The molecule has 1 amide bonds. The van der Waals surface area contributed by atoms with Gasteiger partial charge in [-0.2, -0.15) is 0 Å². The van der Waals surface area contributed by atoms with Gasteiger partial charge in [0, 0.05) is 25.7 Å². The SMILES string of the molecule is O=C(C[C@@H]1CC[C@@H]2[C@H](COC[C@@H](O)CN2CC2CCCCC2)O1)NCC1CC1. The van der Waals surface area contributed by atoms with Gasteiger partial charge in [-0.1, -0.05) is 19.3 Å². The van der Waals surface area contributed by atoms with Crippen molar-refractivity contribution in [2.24, 2.45) is 11.8 Å². The Kier molecular flexibility index (Phi) is 7.26. The largest absolute Gasteiger partial charge is 0.389 e. The lowest BCUT2D eigenvalue weighted by Crippen LogP contribution is -2.56. The lowest BCUT2D eigenvalue weighted by molar-refractivity contribution is -0.158. The van der Waals surface area contributed by atoms with E-state index in [4.69, 9.17) is 9.47 Å². The van der Waals surface area contributed by atoms with Gasteiger partial charge in [-0.3, -0.25) is 9.69 Å². The van der Waals surface area contributed by atoms with Crippen LogP contribution in [0.4, 0.5) is 0 Å². The topological polar surface area (TPSA) is 71.0 Å². The second kappa shape index (κ2) is 9.88. The highest BCUT2D eigenvalue weighted by Crippen LogP contribution is 2.31. The predicted molar refractivity (Wildman–Crippen MR) is 107 cm³/mol. The van der Waals surface area contributed by atoms with E-state index in [1.165, 1.54) is 44.9 Å². The number of hydrogen-bond donors (Lipinski definition) is 2. The molecule has 2 aliphatic heterocycles. The van der Waals surface area contributed by atoms with Crippen molar-refractivity contribution in [2.45, 2.75) is 88.6 Å². The number of amides is 1. The summed E-state index contributed by atoms with van der Waals surface area (Å²) in [5.41, 5.74) is 0. The van der Waals surface area contributed by atoms with Gasteiger partial charge in [0.25, 0.3) is 0 Å². The lowest BCUT2D eigenvalue weighted by Gasteiger charge is -2.45. The average molecular weight is 395 g/mol. The molecule has 2 heterocycles. The summed E-state index contributed by atoms with van der Waals surface area (Å²) in [7, 11) is 0. The van der Waals surface area contributed by atoms with Crippen molar-refractivity contribution in [1.82, 2.24) is 10.2 Å². The Morgan fingerprint density at radius 2 is 1.82 bits per heavy atom. The first-order chi connectivity index (χ1) is 13.7. The number of hydrogen-bond acceptors (Lipinski definition) is 5. The third kappa shape index (κ3) is 5.91. The molecule has 6 heteroatoms. The molecule has 0 unspecified atom stereocenters. The minimum Gasteiger partial charge on any atom is -0.389 e. The highest BCUT2D eigenvalue weighted by atomic mass is 16.5. The molecule has 4 rings (SSSR count). The molecular weight excluding hydrogens is 356 g/mol. The van der Waals surface area contributed by atoms with Crippen LogP contribution in [0.1, 0.15) is 64.2 Å². The van der Waals surface area contributed by atoms with Crippen LogP contribution in [0, 0.1) is 11.8 Å². The Morgan fingerprint density at radius 1 is 1.00 bits per heavy atom. The second-order valence-corrected chi connectivity index (χ2v) is 9.54. The number of nitrogens with one attached hydrogen (secondary N) is 1. The van der Waals surface area contributed by atoms with Gasteiger partial charge in [0.05, 0.1) is 37.9 Å². The van der Waals surface area contributed by atoms with Crippen molar-refractivity contribution in [1.29, 1.82) is 0 Å². The summed E-state index contributed by atoms with van der Waals surface area (Å²) in [5, 5.41) is 13.4. The van der Waals surface area contributed by atoms with E-state index in [0.717, 1.165) is 31.8 Å². The van der Waals surface area contributed by atoms with Crippen LogP contribution in [0.2, 0.25) is 0 Å². The second-order valence-electron chi connectivity index (χ2n) is 9.54. The van der Waals surface area contributed by atoms with Crippen molar-refractivity contribution >= 4 is 5.91 Å². The summed E-state index contributed by atoms with van der Waals surface area (Å²) >= 11 is 0. The fraction of sp³-hybridized carbons (Fsp3) is 0.955. The smallest absolute Gasteiger partial charge is 0.222 e. The number of ether oxygens (including phenoxy) is 2. The van der Waals surface area contributed by atoms with Gasteiger partial charge in [-0.15, -0.1) is 0 Å². The zero-order chi connectivity index (χ0) is 19.3. The van der Waals surface area contributed by atoms with Gasteiger partial charge < -0.3 is 19.9 Å². The predicted octanol–water partition coefficient (Wildman–Crippen LogP) is 2.09. The third-order valence-electron chi connectivity index (χ3n) is 7.00. The number of aliphatic hydroxyl groups excluding tert-OH is 1. The van der Waals surface area contributed by atoms with E-state index in [0.29, 0.717) is 38.1 Å². The van der Waals surface area contributed by atoms with Crippen molar-refractivity contribution < 1.29 is 19.4 Å². The Labute approximate surface area is 169 Å². The molecule has 6 nitrogen and oxygen atoms in total. The number of β-amino-alcohol motifs (C(OH)–C–C–N with tert-alkyl or cyclic N) is 1. The number of fused-ring (bicyclic) bond motifs is 1. The fourth-order valence-electron chi connectivity index (χ4n) is 5.22. The van der Waals surface area contributed by atoms with Crippen molar-refractivity contribution in [2.75, 3.05) is 32.8 Å². The zero-order valence-electron chi connectivity index (χ0n) is 17.2. The van der Waals surface area contributed by atoms with Crippen LogP contribution in [0.5, 0.6) is 0 Å². The normalized spacial score (nSPS) is 35.6. The molecule has 2 aliphatic carbocycles. The van der Waals surface area contributed by atoms with Crippen LogP contribution >= 0.6 is 0 Å². The molecule has 0 spiro atoms. The molecule has 4 aliphatic rings. The number of carbonyl (C=O) groups is 1. The van der Waals surface area contributed by atoms with Gasteiger partial charge in [-0.25, -0.2) is 0 Å². The molecule has 2 N–H and O–H groups in total. The van der Waals surface area contributed by atoms with Crippen LogP contribution < -0.4 is 5.32 Å². The summed E-state index contributed by atoms with van der Waals surface area (Å²) in [6.07, 6.45) is 11.1. The van der Waals surface area contributed by atoms with Crippen LogP contribution in [0.15, 0.2) is 0 Å². The van der Waals surface area contributed by atoms with Gasteiger partial charge in [0.2, 0.25) is 5.91 Å². The highest BCUT2D eigenvalue weighted by molar-refractivity contribution is 5.76. The Hall–Kier alpha value is -0.690. The number of aliphatic hydroxyl groups is 1. The lowest BCUT2D eigenvalue weighted by atomic mass is 9.87. The molecule has 0 aromatic rings. The van der Waals surface area contributed by atoms with E-state index in [-0.39, 0.29) is 18.1 Å². The summed E-state index contributed by atoms with van der Waals surface area (Å²) < 4.78 is 12.1. The van der Waals surface area contributed by atoms with E-state index >= 15 is 0 Å². The first-order valence-corrected chi connectivity index (χ1v) is 11.6. The molecule has 2 saturated heterocycles. The summed E-state index contributed by atoms with van der Waals surface area (Å²) in [5.74, 6) is 1.57. The van der Waals surface area contributed by atoms with Crippen LogP contribution in [-0.4, -0.2) is 73.1 Å². The van der Waals surface area contributed by atoms with E-state index in [9.17, 15) is 9.90 Å². The zero-order valence-corrected chi connectivity index (χ0v) is 17.2. The van der Waals surface area contributed by atoms with E-state index in [1.807, 2.05) is 0 Å². The molecule has 0 aromatic carbocycles. The van der Waals surface area contributed by atoms with Gasteiger partial charge in [-0.05, 0) is 50.4 Å². The van der Waals surface area contributed by atoms with Crippen LogP contribution in [-0.2, 0) is 14.3 Å². The summed E-state index contributed by atoms with van der Waals surface area (Å²) in [6.45, 7) is 3.46. The Bertz CT molecular complexity index is 507. The maximum atomic E-state index is 12.2. The highest BCUT2D eigenvalue weighted by Gasteiger charge is 2.38. The van der Waals surface area contributed by atoms with Gasteiger partial charge in [0.15, 0.2) is 0 Å². The number of rotatable bonds is 6. The van der Waals surface area contributed by atoms with E-state index in [1.54, 1.807) is 0 Å². The first kappa shape index (κ1) is 20.6. The molecule has 2 saturated carbocycles. The van der Waals surface area contributed by atoms with Gasteiger partial charge in [0.1, 0.15) is 0 Å². The first-order valence-electron chi connectivity index (χ1n) is 11.6. The average Bonchev–Trinajstić information content (AvgIpc) is 3.50. The molecule has 0 bridgehead atoms. The number of nitrogens with zero attached hydrogens (tertiary/aromatic N) is 1. The van der Waals surface area contributed by atoms with Crippen molar-refractivity contribution in [3.05, 3.63) is 0 Å². The molecule has 0 radical (unpaired) electrons. The molecule has 4 atom stereocenters. The molecule has 160 valence electrons. The van der Waals surface area contributed by atoms with Crippen LogP contribution in [0.3, 0.4) is 0 Å². The number of carbonyl (C=O) groups excluding carboxylic acids is 1. The maximum absolute atomic E-state index is 12.2. The standard InChI is InChI=1S/C22H38N2O4/c25-18-13-24(12-17-4-2-1-3-5-17)20-9-8-19(28-21(20)15-27-14-18)10-22(26)23-11-16-6-7-16/h16-21,25H,1-15H2,(H,23,26)/t18-,19-,20+,21-/m0/s1. The minimum atomic E-state index is -0.421. The molecule has 4 fully saturated rings. The third-order valence-corrected chi connectivity index (χ3v) is 7.00.